The van der Waals surface area contributed by atoms with Gasteiger partial charge >= 0.3 is 0 Å². The van der Waals surface area contributed by atoms with Crippen LogP contribution >= 0.6 is 0 Å². The Bertz CT molecular complexity index is 268. The molecule has 164 valence electrons. The molecule has 0 aromatic rings. The Morgan fingerprint density at radius 2 is 1.26 bits per heavy atom. The molecule has 0 saturated carbocycles. The quantitative estimate of drug-likeness (QED) is 0.230. The third kappa shape index (κ3) is 23.8. The molecule has 1 unspecified atom stereocenters. The third-order valence-electron chi connectivity index (χ3n) is 4.83. The molecule has 0 rings (SSSR count). The molecule has 5 heteroatoms. The highest BCUT2D eigenvalue weighted by atomic mass is 16.5. The minimum absolute atomic E-state index is 0.235. The van der Waals surface area contributed by atoms with E-state index in [0.29, 0.717) is 39.5 Å². The van der Waals surface area contributed by atoms with Crippen LogP contribution in [0.25, 0.3) is 0 Å². The van der Waals surface area contributed by atoms with Crippen LogP contribution in [-0.4, -0.2) is 57.3 Å². The predicted octanol–water partition coefficient (Wildman–Crippen LogP) is 4.02. The van der Waals surface area contributed by atoms with Crippen molar-refractivity contribution in [3.8, 4) is 0 Å². The molecule has 5 nitrogen and oxygen atoms in total. The van der Waals surface area contributed by atoms with Gasteiger partial charge in [0.25, 0.3) is 0 Å². The van der Waals surface area contributed by atoms with E-state index in [-0.39, 0.29) is 6.10 Å². The zero-order valence-electron chi connectivity index (χ0n) is 18.1. The van der Waals surface area contributed by atoms with E-state index in [9.17, 15) is 5.11 Å². The molecular weight excluding hydrogens is 340 g/mol. The maximum absolute atomic E-state index is 9.98. The van der Waals surface area contributed by atoms with E-state index in [4.69, 9.17) is 15.2 Å². The van der Waals surface area contributed by atoms with Crippen molar-refractivity contribution in [3.05, 3.63) is 0 Å². The van der Waals surface area contributed by atoms with E-state index in [0.717, 1.165) is 19.4 Å². The molecule has 0 radical (unpaired) electrons. The van der Waals surface area contributed by atoms with Crippen molar-refractivity contribution in [3.63, 3.8) is 0 Å². The summed E-state index contributed by atoms with van der Waals surface area (Å²) in [7, 11) is 0. The molecule has 4 N–H and O–H groups in total. The Hall–Kier alpha value is -0.200. The molecule has 0 aliphatic heterocycles. The lowest BCUT2D eigenvalue weighted by Crippen LogP contribution is -2.29. The van der Waals surface area contributed by atoms with E-state index >= 15 is 0 Å². The van der Waals surface area contributed by atoms with Crippen LogP contribution < -0.4 is 11.1 Å². The van der Waals surface area contributed by atoms with Crippen molar-refractivity contribution in [2.75, 3.05) is 46.1 Å². The summed E-state index contributed by atoms with van der Waals surface area (Å²) in [5, 5.41) is 13.2. The lowest BCUT2D eigenvalue weighted by Gasteiger charge is -2.12. The van der Waals surface area contributed by atoms with Gasteiger partial charge < -0.3 is 25.6 Å². The molecule has 0 fully saturated rings. The summed E-state index contributed by atoms with van der Waals surface area (Å²) in [5.41, 5.74) is 5.33. The summed E-state index contributed by atoms with van der Waals surface area (Å²) in [6.45, 7) is 6.69. The maximum atomic E-state index is 9.98. The van der Waals surface area contributed by atoms with Gasteiger partial charge in [-0.3, -0.25) is 0 Å². The summed E-state index contributed by atoms with van der Waals surface area (Å²) in [6.07, 6.45) is 16.9. The van der Waals surface area contributed by atoms with Gasteiger partial charge in [-0.1, -0.05) is 84.0 Å². The second-order valence-electron chi connectivity index (χ2n) is 7.55. The van der Waals surface area contributed by atoms with E-state index in [1.807, 2.05) is 0 Å². The Morgan fingerprint density at radius 1 is 0.741 bits per heavy atom. The molecule has 0 aliphatic carbocycles. The zero-order valence-corrected chi connectivity index (χ0v) is 18.1. The normalized spacial score (nSPS) is 12.6. The van der Waals surface area contributed by atoms with Crippen LogP contribution in [0.4, 0.5) is 0 Å². The van der Waals surface area contributed by atoms with Crippen molar-refractivity contribution in [1.29, 1.82) is 0 Å². The van der Waals surface area contributed by atoms with Crippen LogP contribution in [0, 0.1) is 0 Å². The minimum atomic E-state index is -0.235. The van der Waals surface area contributed by atoms with Crippen LogP contribution in [-0.2, 0) is 9.47 Å². The Morgan fingerprint density at radius 3 is 1.81 bits per heavy atom. The lowest BCUT2D eigenvalue weighted by atomic mass is 10.0. The Balaban J connectivity index is 3.12. The Kier molecular flexibility index (Phi) is 23.7. The molecule has 27 heavy (non-hydrogen) atoms. The number of rotatable bonds is 23. The first-order valence-electron chi connectivity index (χ1n) is 11.6. The molecule has 0 aromatic carbocycles. The molecule has 0 heterocycles. The number of aliphatic hydroxyl groups is 1. The third-order valence-corrected chi connectivity index (χ3v) is 4.83. The van der Waals surface area contributed by atoms with E-state index in [1.165, 1.54) is 70.6 Å². The fourth-order valence-corrected chi connectivity index (χ4v) is 3.14. The van der Waals surface area contributed by atoms with E-state index < -0.39 is 0 Å². The number of nitrogens with two attached hydrogens (primary N) is 1. The highest BCUT2D eigenvalue weighted by Crippen LogP contribution is 2.12. The first kappa shape index (κ1) is 26.8. The molecule has 1 atom stereocenters. The van der Waals surface area contributed by atoms with Crippen molar-refractivity contribution in [2.24, 2.45) is 5.73 Å². The average Bonchev–Trinajstić information content (AvgIpc) is 2.67. The molecular formula is C22H48N2O3. The first-order valence-corrected chi connectivity index (χ1v) is 11.6. The summed E-state index contributed by atoms with van der Waals surface area (Å²) >= 11 is 0. The standard InChI is InChI=1S/C22H48N2O3/c1-2-3-4-5-6-7-8-9-10-11-12-13-14-22(25)21-24-16-18-27-20-19-26-17-15-23/h22,24-25H,2-21,23H2,1H3. The zero-order chi connectivity index (χ0) is 19.8. The fraction of sp³-hybridized carbons (Fsp3) is 1.00. The Labute approximate surface area is 168 Å². The van der Waals surface area contributed by atoms with Gasteiger partial charge in [-0.05, 0) is 6.42 Å². The molecule has 0 spiro atoms. The predicted molar refractivity (Wildman–Crippen MR) is 115 cm³/mol. The molecule has 0 amide bonds. The van der Waals surface area contributed by atoms with Crippen LogP contribution in [0.2, 0.25) is 0 Å². The van der Waals surface area contributed by atoms with Gasteiger partial charge in [0, 0.05) is 19.6 Å². The van der Waals surface area contributed by atoms with Crippen LogP contribution in [0.1, 0.15) is 90.4 Å². The van der Waals surface area contributed by atoms with Crippen LogP contribution in [0.15, 0.2) is 0 Å². The second kappa shape index (κ2) is 23.8. The van der Waals surface area contributed by atoms with E-state index in [2.05, 4.69) is 12.2 Å². The van der Waals surface area contributed by atoms with Gasteiger partial charge in [0.05, 0.1) is 32.5 Å². The number of aliphatic hydroxyl groups excluding tert-OH is 1. The monoisotopic (exact) mass is 388 g/mol. The van der Waals surface area contributed by atoms with Crippen LogP contribution in [0.5, 0.6) is 0 Å². The van der Waals surface area contributed by atoms with Crippen LogP contribution in [0.3, 0.4) is 0 Å². The fourth-order valence-electron chi connectivity index (χ4n) is 3.14. The van der Waals surface area contributed by atoms with E-state index in [1.54, 1.807) is 0 Å². The van der Waals surface area contributed by atoms with Gasteiger partial charge in [0.2, 0.25) is 0 Å². The van der Waals surface area contributed by atoms with Gasteiger partial charge in [0.15, 0.2) is 0 Å². The minimum Gasteiger partial charge on any atom is -0.392 e. The molecule has 0 aliphatic rings. The molecule has 0 saturated heterocycles. The highest BCUT2D eigenvalue weighted by Gasteiger charge is 2.03. The number of hydrogen-bond donors (Lipinski definition) is 3. The van der Waals surface area contributed by atoms with Crippen molar-refractivity contribution < 1.29 is 14.6 Å². The van der Waals surface area contributed by atoms with Gasteiger partial charge in [-0.25, -0.2) is 0 Å². The summed E-state index contributed by atoms with van der Waals surface area (Å²) < 4.78 is 10.7. The van der Waals surface area contributed by atoms with Gasteiger partial charge in [0.1, 0.15) is 0 Å². The second-order valence-corrected chi connectivity index (χ2v) is 7.55. The molecule has 0 aromatic heterocycles. The number of hydrogen-bond acceptors (Lipinski definition) is 5. The summed E-state index contributed by atoms with van der Waals surface area (Å²) in [5.74, 6) is 0. The summed E-state index contributed by atoms with van der Waals surface area (Å²) in [6, 6.07) is 0. The molecule has 0 bridgehead atoms. The van der Waals surface area contributed by atoms with Gasteiger partial charge in [-0.15, -0.1) is 0 Å². The van der Waals surface area contributed by atoms with Crippen molar-refractivity contribution in [2.45, 2.75) is 96.5 Å². The number of unbranched alkanes of at least 4 members (excludes halogenated alkanes) is 11. The lowest BCUT2D eigenvalue weighted by molar-refractivity contribution is 0.0507. The largest absolute Gasteiger partial charge is 0.392 e. The maximum Gasteiger partial charge on any atom is 0.0701 e. The summed E-state index contributed by atoms with van der Waals surface area (Å²) in [4.78, 5) is 0. The average molecular weight is 389 g/mol. The SMILES string of the molecule is CCCCCCCCCCCCCCC(O)CNCCOCCOCCN. The van der Waals surface area contributed by atoms with Gasteiger partial charge in [-0.2, -0.15) is 0 Å². The number of ether oxygens (including phenoxy) is 2. The highest BCUT2D eigenvalue weighted by molar-refractivity contribution is 4.60. The smallest absolute Gasteiger partial charge is 0.0701 e. The van der Waals surface area contributed by atoms with Crippen molar-refractivity contribution in [1.82, 2.24) is 5.32 Å². The first-order chi connectivity index (χ1) is 13.3. The van der Waals surface area contributed by atoms with Crippen molar-refractivity contribution >= 4 is 0 Å². The number of nitrogens with one attached hydrogen (secondary N) is 1. The topological polar surface area (TPSA) is 76.7 Å².